The molecule has 0 aromatic rings. The van der Waals surface area contributed by atoms with Crippen LogP contribution >= 0.6 is 0 Å². The second-order valence-electron chi connectivity index (χ2n) is 6.93. The highest BCUT2D eigenvalue weighted by Crippen LogP contribution is 2.39. The van der Waals surface area contributed by atoms with E-state index in [1.165, 1.54) is 45.1 Å². The van der Waals surface area contributed by atoms with Crippen molar-refractivity contribution in [1.82, 2.24) is 10.2 Å². The number of likely N-dealkylation sites (N-methyl/N-ethyl adjacent to an activating group) is 1. The smallest absolute Gasteiger partial charge is 0.0558 e. The van der Waals surface area contributed by atoms with Gasteiger partial charge in [-0.25, -0.2) is 0 Å². The molecule has 2 fully saturated rings. The van der Waals surface area contributed by atoms with Crippen LogP contribution in [0.25, 0.3) is 0 Å². The van der Waals surface area contributed by atoms with Crippen LogP contribution in [-0.2, 0) is 0 Å². The molecule has 0 saturated heterocycles. The van der Waals surface area contributed by atoms with E-state index in [2.05, 4.69) is 24.1 Å². The summed E-state index contributed by atoms with van der Waals surface area (Å²) in [7, 11) is 0. The molecule has 19 heavy (non-hydrogen) atoms. The lowest BCUT2D eigenvalue weighted by atomic mass is 9.70. The zero-order valence-corrected chi connectivity index (χ0v) is 12.8. The minimum absolute atomic E-state index is 0.288. The first-order chi connectivity index (χ1) is 9.17. The fourth-order valence-corrected chi connectivity index (χ4v) is 3.38. The van der Waals surface area contributed by atoms with Crippen LogP contribution in [0.4, 0.5) is 0 Å². The fourth-order valence-electron chi connectivity index (χ4n) is 3.38. The van der Waals surface area contributed by atoms with Crippen LogP contribution in [0.3, 0.4) is 0 Å². The van der Waals surface area contributed by atoms with E-state index in [1.807, 2.05) is 0 Å². The van der Waals surface area contributed by atoms with Crippen LogP contribution in [-0.4, -0.2) is 48.8 Å². The van der Waals surface area contributed by atoms with Crippen molar-refractivity contribution in [2.75, 3.05) is 32.8 Å². The van der Waals surface area contributed by atoms with Gasteiger partial charge in [-0.2, -0.15) is 0 Å². The molecule has 2 rings (SSSR count). The Morgan fingerprint density at radius 2 is 1.89 bits per heavy atom. The highest BCUT2D eigenvalue weighted by molar-refractivity contribution is 4.92. The molecule has 0 amide bonds. The summed E-state index contributed by atoms with van der Waals surface area (Å²) in [6.45, 7) is 9.13. The summed E-state index contributed by atoms with van der Waals surface area (Å²) >= 11 is 0. The van der Waals surface area contributed by atoms with E-state index < -0.39 is 0 Å². The van der Waals surface area contributed by atoms with E-state index in [1.54, 1.807) is 0 Å². The Morgan fingerprint density at radius 1 is 1.21 bits per heavy atom. The standard InChI is InChI=1S/C16H32N2O/c1-3-18(10-11-19)13-16(12-17-15-4-5-15)8-6-14(2)7-9-16/h14-15,17,19H,3-13H2,1-2H3. The number of aliphatic hydroxyl groups excluding tert-OH is 1. The van der Waals surface area contributed by atoms with E-state index in [0.29, 0.717) is 5.41 Å². The van der Waals surface area contributed by atoms with E-state index in [4.69, 9.17) is 0 Å². The normalized spacial score (nSPS) is 31.9. The molecule has 0 spiro atoms. The molecule has 112 valence electrons. The van der Waals surface area contributed by atoms with Crippen molar-refractivity contribution in [3.05, 3.63) is 0 Å². The van der Waals surface area contributed by atoms with Gasteiger partial charge < -0.3 is 15.3 Å². The monoisotopic (exact) mass is 268 g/mol. The summed E-state index contributed by atoms with van der Waals surface area (Å²) in [5, 5.41) is 13.0. The van der Waals surface area contributed by atoms with E-state index in [0.717, 1.165) is 31.6 Å². The maximum Gasteiger partial charge on any atom is 0.0558 e. The van der Waals surface area contributed by atoms with Gasteiger partial charge >= 0.3 is 0 Å². The quantitative estimate of drug-likeness (QED) is 0.709. The largest absolute Gasteiger partial charge is 0.395 e. The molecule has 0 radical (unpaired) electrons. The second-order valence-corrected chi connectivity index (χ2v) is 6.93. The molecule has 2 saturated carbocycles. The van der Waals surface area contributed by atoms with Gasteiger partial charge in [-0.15, -0.1) is 0 Å². The van der Waals surface area contributed by atoms with Crippen LogP contribution in [0, 0.1) is 11.3 Å². The van der Waals surface area contributed by atoms with Crippen LogP contribution in [0.2, 0.25) is 0 Å². The third-order valence-electron chi connectivity index (χ3n) is 5.10. The van der Waals surface area contributed by atoms with E-state index >= 15 is 0 Å². The summed E-state index contributed by atoms with van der Waals surface area (Å²) in [6, 6.07) is 0.809. The van der Waals surface area contributed by atoms with Gasteiger partial charge in [0.1, 0.15) is 0 Å². The van der Waals surface area contributed by atoms with Gasteiger partial charge in [0.15, 0.2) is 0 Å². The SMILES string of the molecule is CCN(CCO)CC1(CNC2CC2)CCC(C)CC1. The Balaban J connectivity index is 1.91. The van der Waals surface area contributed by atoms with Gasteiger partial charge in [-0.1, -0.05) is 26.7 Å². The van der Waals surface area contributed by atoms with Gasteiger partial charge in [0.05, 0.1) is 6.61 Å². The first-order valence-electron chi connectivity index (χ1n) is 8.24. The molecule has 0 aromatic heterocycles. The maximum absolute atomic E-state index is 9.19. The Morgan fingerprint density at radius 3 is 2.42 bits per heavy atom. The van der Waals surface area contributed by atoms with Crippen molar-refractivity contribution in [2.45, 2.75) is 58.4 Å². The Kier molecular flexibility index (Phi) is 5.67. The molecular weight excluding hydrogens is 236 g/mol. The lowest BCUT2D eigenvalue weighted by Crippen LogP contribution is -2.47. The van der Waals surface area contributed by atoms with Crippen LogP contribution < -0.4 is 5.32 Å². The van der Waals surface area contributed by atoms with Crippen molar-refractivity contribution < 1.29 is 5.11 Å². The van der Waals surface area contributed by atoms with Gasteiger partial charge in [-0.3, -0.25) is 0 Å². The van der Waals surface area contributed by atoms with Crippen LogP contribution in [0.1, 0.15) is 52.4 Å². The molecule has 2 aliphatic rings. The van der Waals surface area contributed by atoms with Crippen molar-refractivity contribution in [2.24, 2.45) is 11.3 Å². The first kappa shape index (κ1) is 15.3. The fraction of sp³-hybridized carbons (Fsp3) is 1.00. The van der Waals surface area contributed by atoms with E-state index in [-0.39, 0.29) is 6.61 Å². The number of hydrogen-bond acceptors (Lipinski definition) is 3. The molecule has 3 heteroatoms. The molecule has 0 aromatic carbocycles. The van der Waals surface area contributed by atoms with Crippen molar-refractivity contribution >= 4 is 0 Å². The van der Waals surface area contributed by atoms with Crippen LogP contribution in [0.5, 0.6) is 0 Å². The Labute approximate surface area is 118 Å². The number of nitrogens with one attached hydrogen (secondary N) is 1. The molecular formula is C16H32N2O. The molecule has 3 nitrogen and oxygen atoms in total. The van der Waals surface area contributed by atoms with Crippen molar-refractivity contribution in [3.8, 4) is 0 Å². The summed E-state index contributed by atoms with van der Waals surface area (Å²) in [4.78, 5) is 2.44. The highest BCUT2D eigenvalue weighted by Gasteiger charge is 2.36. The third kappa shape index (κ3) is 4.73. The predicted molar refractivity (Wildman–Crippen MR) is 80.3 cm³/mol. The maximum atomic E-state index is 9.19. The molecule has 2 N–H and O–H groups in total. The molecule has 2 aliphatic carbocycles. The third-order valence-corrected chi connectivity index (χ3v) is 5.10. The van der Waals surface area contributed by atoms with Crippen LogP contribution in [0.15, 0.2) is 0 Å². The minimum Gasteiger partial charge on any atom is -0.395 e. The highest BCUT2D eigenvalue weighted by atomic mass is 16.3. The predicted octanol–water partition coefficient (Wildman–Crippen LogP) is 2.25. The molecule has 0 bridgehead atoms. The molecule has 0 heterocycles. The minimum atomic E-state index is 0.288. The lowest BCUT2D eigenvalue weighted by Gasteiger charge is -2.43. The number of hydrogen-bond donors (Lipinski definition) is 2. The zero-order chi connectivity index (χ0) is 13.7. The molecule has 0 atom stereocenters. The van der Waals surface area contributed by atoms with E-state index in [9.17, 15) is 5.11 Å². The summed E-state index contributed by atoms with van der Waals surface area (Å²) in [6.07, 6.45) is 8.22. The first-order valence-corrected chi connectivity index (χ1v) is 8.24. The molecule has 0 unspecified atom stereocenters. The zero-order valence-electron chi connectivity index (χ0n) is 12.8. The summed E-state index contributed by atoms with van der Waals surface area (Å²) < 4.78 is 0. The van der Waals surface area contributed by atoms with Gasteiger partial charge in [0.25, 0.3) is 0 Å². The van der Waals surface area contributed by atoms with Crippen molar-refractivity contribution in [1.29, 1.82) is 0 Å². The van der Waals surface area contributed by atoms with Gasteiger partial charge in [-0.05, 0) is 43.6 Å². The van der Waals surface area contributed by atoms with Gasteiger partial charge in [0.2, 0.25) is 0 Å². The summed E-state index contributed by atoms with van der Waals surface area (Å²) in [5.41, 5.74) is 0.459. The number of nitrogens with zero attached hydrogens (tertiary/aromatic N) is 1. The average Bonchev–Trinajstić information content (AvgIpc) is 3.23. The second kappa shape index (κ2) is 7.05. The Hall–Kier alpha value is -0.120. The van der Waals surface area contributed by atoms with Crippen molar-refractivity contribution in [3.63, 3.8) is 0 Å². The number of aliphatic hydroxyl groups is 1. The summed E-state index contributed by atoms with van der Waals surface area (Å²) in [5.74, 6) is 0.905. The Bertz CT molecular complexity index is 257. The van der Waals surface area contributed by atoms with Gasteiger partial charge in [0, 0.05) is 25.7 Å². The molecule has 0 aliphatic heterocycles. The average molecular weight is 268 g/mol. The topological polar surface area (TPSA) is 35.5 Å². The number of rotatable bonds is 8. The lowest BCUT2D eigenvalue weighted by molar-refractivity contribution is 0.0784.